The number of likely N-dealkylation sites (N-methyl/N-ethyl adjacent to an activating group) is 1. The Bertz CT molecular complexity index is 1160. The Morgan fingerprint density at radius 1 is 1.09 bits per heavy atom. The molecule has 2 aromatic carbocycles. The van der Waals surface area contributed by atoms with Crippen LogP contribution in [0.15, 0.2) is 67.0 Å². The van der Waals surface area contributed by atoms with Gasteiger partial charge < -0.3 is 19.6 Å². The minimum Gasteiger partial charge on any atom is -0.491 e. The van der Waals surface area contributed by atoms with E-state index in [-0.39, 0.29) is 11.7 Å². The summed E-state index contributed by atoms with van der Waals surface area (Å²) in [6.45, 7) is 4.82. The van der Waals surface area contributed by atoms with Gasteiger partial charge in [0.1, 0.15) is 5.75 Å². The van der Waals surface area contributed by atoms with Gasteiger partial charge in [-0.25, -0.2) is 4.79 Å². The fourth-order valence-corrected chi connectivity index (χ4v) is 5.02. The average Bonchev–Trinajstić information content (AvgIpc) is 2.83. The number of carboxylic acids is 1. The third-order valence-electron chi connectivity index (χ3n) is 6.55. The van der Waals surface area contributed by atoms with E-state index in [0.717, 1.165) is 30.0 Å². The minimum atomic E-state index is -0.982. The molecule has 1 aromatic heterocycles. The van der Waals surface area contributed by atoms with Crippen molar-refractivity contribution in [3.05, 3.63) is 83.7 Å². The first kappa shape index (κ1) is 23.6. The van der Waals surface area contributed by atoms with Crippen molar-refractivity contribution in [3.63, 3.8) is 0 Å². The predicted molar refractivity (Wildman–Crippen MR) is 135 cm³/mol. The number of benzene rings is 2. The lowest BCUT2D eigenvalue weighted by Crippen LogP contribution is -2.67. The molecule has 4 rings (SSSR count). The third-order valence-corrected chi connectivity index (χ3v) is 6.55. The lowest BCUT2D eigenvalue weighted by Gasteiger charge is -2.57. The van der Waals surface area contributed by atoms with Gasteiger partial charge >= 0.3 is 5.97 Å². The molecule has 1 N–H and O–H groups in total. The van der Waals surface area contributed by atoms with Gasteiger partial charge in [0, 0.05) is 38.1 Å². The van der Waals surface area contributed by atoms with E-state index in [0.29, 0.717) is 5.69 Å². The van der Waals surface area contributed by atoms with Crippen molar-refractivity contribution in [1.29, 1.82) is 0 Å². The second kappa shape index (κ2) is 9.35. The summed E-state index contributed by atoms with van der Waals surface area (Å²) in [5, 5.41) is 9.92. The molecule has 7 nitrogen and oxygen atoms in total. The molecule has 0 amide bonds. The molecule has 7 heteroatoms. The number of aromatic carboxylic acids is 1. The molecule has 0 saturated carbocycles. The highest BCUT2D eigenvalue weighted by Crippen LogP contribution is 2.44. The first-order chi connectivity index (χ1) is 16.3. The largest absolute Gasteiger partial charge is 0.491 e. The number of ether oxygens (including phenoxy) is 1. The number of hydrogen-bond donors (Lipinski definition) is 1. The molecule has 0 radical (unpaired) electrons. The maximum Gasteiger partial charge on any atom is 0.337 e. The molecule has 1 aliphatic heterocycles. The number of rotatable bonds is 7. The molecule has 0 bridgehead atoms. The number of aromatic nitrogens is 1. The van der Waals surface area contributed by atoms with E-state index in [1.54, 1.807) is 12.3 Å². The molecule has 3 aromatic rings. The van der Waals surface area contributed by atoms with Crippen LogP contribution in [-0.4, -0.2) is 54.8 Å². The van der Waals surface area contributed by atoms with Crippen molar-refractivity contribution in [3.8, 4) is 5.75 Å². The number of carboxylic acid groups (broad SMARTS) is 1. The van der Waals surface area contributed by atoms with Crippen LogP contribution in [0.25, 0.3) is 0 Å². The highest BCUT2D eigenvalue weighted by atomic mass is 16.5. The van der Waals surface area contributed by atoms with Crippen molar-refractivity contribution in [1.82, 2.24) is 9.88 Å². The molecule has 0 saturated heterocycles. The van der Waals surface area contributed by atoms with Gasteiger partial charge in [0.15, 0.2) is 5.79 Å². The average molecular weight is 461 g/mol. The first-order valence-electron chi connectivity index (χ1n) is 11.5. The summed E-state index contributed by atoms with van der Waals surface area (Å²) in [5.41, 5.74) is 4.08. The SMILES string of the molecule is CC(C)Oc1ccc(N(C)C2(N(C)c3cnccc3C(=O)O)c3ccccc3CCN2C)cc1. The maximum absolute atomic E-state index is 12.1. The standard InChI is InChI=1S/C27H32N4O3/c1-19(2)34-22-12-10-21(11-13-22)30(4)27(24-9-7-6-8-20(24)15-17-29(27)3)31(5)25-18-28-16-14-23(25)26(32)33/h6-14,16,18-19H,15,17H2,1-5H3,(H,32,33). The molecular weight excluding hydrogens is 428 g/mol. The topological polar surface area (TPSA) is 69.1 Å². The maximum atomic E-state index is 12.1. The minimum absolute atomic E-state index is 0.0948. The summed E-state index contributed by atoms with van der Waals surface area (Å²) >= 11 is 0. The van der Waals surface area contributed by atoms with Gasteiger partial charge in [-0.15, -0.1) is 0 Å². The van der Waals surface area contributed by atoms with Crippen LogP contribution in [0.1, 0.15) is 35.3 Å². The first-order valence-corrected chi connectivity index (χ1v) is 11.5. The number of nitrogens with zero attached hydrogens (tertiary/aromatic N) is 4. The van der Waals surface area contributed by atoms with Gasteiger partial charge in [0.2, 0.25) is 0 Å². The lowest BCUT2D eigenvalue weighted by atomic mass is 9.90. The van der Waals surface area contributed by atoms with E-state index in [1.165, 1.54) is 11.8 Å². The molecular formula is C27H32N4O3. The molecule has 1 aliphatic rings. The van der Waals surface area contributed by atoms with Crippen LogP contribution < -0.4 is 14.5 Å². The number of anilines is 2. The molecule has 0 aliphatic carbocycles. The van der Waals surface area contributed by atoms with Crippen LogP contribution in [0.2, 0.25) is 0 Å². The summed E-state index contributed by atoms with van der Waals surface area (Å²) in [4.78, 5) is 22.9. The van der Waals surface area contributed by atoms with E-state index in [9.17, 15) is 9.90 Å². The van der Waals surface area contributed by atoms with Gasteiger partial charge in [-0.1, -0.05) is 24.3 Å². The molecule has 178 valence electrons. The highest BCUT2D eigenvalue weighted by molar-refractivity contribution is 5.94. The monoisotopic (exact) mass is 460 g/mol. The van der Waals surface area contributed by atoms with Crippen molar-refractivity contribution >= 4 is 17.3 Å². The van der Waals surface area contributed by atoms with Gasteiger partial charge in [-0.3, -0.25) is 9.88 Å². The Kier molecular flexibility index (Phi) is 6.48. The van der Waals surface area contributed by atoms with Crippen LogP contribution in [0.4, 0.5) is 11.4 Å². The third kappa shape index (κ3) is 3.96. The lowest BCUT2D eigenvalue weighted by molar-refractivity contribution is 0.0694. The Morgan fingerprint density at radius 2 is 1.79 bits per heavy atom. The van der Waals surface area contributed by atoms with Crippen LogP contribution in [0.5, 0.6) is 5.75 Å². The van der Waals surface area contributed by atoms with Crippen LogP contribution >= 0.6 is 0 Å². The van der Waals surface area contributed by atoms with Crippen LogP contribution in [-0.2, 0) is 12.2 Å². The van der Waals surface area contributed by atoms with E-state index < -0.39 is 11.8 Å². The summed E-state index contributed by atoms with van der Waals surface area (Å²) in [6, 6.07) is 18.0. The fourth-order valence-electron chi connectivity index (χ4n) is 5.02. The van der Waals surface area contributed by atoms with E-state index in [2.05, 4.69) is 40.0 Å². The van der Waals surface area contributed by atoms with Crippen molar-refractivity contribution in [2.24, 2.45) is 0 Å². The van der Waals surface area contributed by atoms with Gasteiger partial charge in [-0.2, -0.15) is 0 Å². The normalized spacial score (nSPS) is 17.8. The molecule has 1 unspecified atom stereocenters. The van der Waals surface area contributed by atoms with Crippen LogP contribution in [0.3, 0.4) is 0 Å². The van der Waals surface area contributed by atoms with Crippen LogP contribution in [0, 0.1) is 0 Å². The smallest absolute Gasteiger partial charge is 0.337 e. The Labute approximate surface area is 201 Å². The molecule has 2 heterocycles. The number of fused-ring (bicyclic) bond motifs is 1. The summed E-state index contributed by atoms with van der Waals surface area (Å²) in [7, 11) is 6.06. The summed E-state index contributed by atoms with van der Waals surface area (Å²) in [5.74, 6) is -0.959. The van der Waals surface area contributed by atoms with Crippen molar-refractivity contribution in [2.45, 2.75) is 32.2 Å². The van der Waals surface area contributed by atoms with Gasteiger partial charge in [0.05, 0.1) is 23.6 Å². The van der Waals surface area contributed by atoms with Gasteiger partial charge in [-0.05, 0) is 63.2 Å². The number of hydrogen-bond acceptors (Lipinski definition) is 6. The van der Waals surface area contributed by atoms with Crippen molar-refractivity contribution in [2.75, 3.05) is 37.5 Å². The van der Waals surface area contributed by atoms with E-state index >= 15 is 0 Å². The molecule has 34 heavy (non-hydrogen) atoms. The highest BCUT2D eigenvalue weighted by Gasteiger charge is 2.49. The zero-order valence-corrected chi connectivity index (χ0v) is 20.4. The second-order valence-corrected chi connectivity index (χ2v) is 8.94. The Morgan fingerprint density at radius 3 is 2.47 bits per heavy atom. The predicted octanol–water partition coefficient (Wildman–Crippen LogP) is 4.44. The second-order valence-electron chi connectivity index (χ2n) is 8.94. The Hall–Kier alpha value is -3.58. The number of carbonyl (C=O) groups is 1. The van der Waals surface area contributed by atoms with E-state index in [4.69, 9.17) is 4.74 Å². The zero-order chi connectivity index (χ0) is 24.5. The van der Waals surface area contributed by atoms with Gasteiger partial charge in [0.25, 0.3) is 0 Å². The van der Waals surface area contributed by atoms with Crippen molar-refractivity contribution < 1.29 is 14.6 Å². The zero-order valence-electron chi connectivity index (χ0n) is 20.4. The summed E-state index contributed by atoms with van der Waals surface area (Å²) < 4.78 is 5.84. The van der Waals surface area contributed by atoms with E-state index in [1.807, 2.05) is 63.2 Å². The fraction of sp³-hybridized carbons (Fsp3) is 0.333. The quantitative estimate of drug-likeness (QED) is 0.523. The Balaban J connectivity index is 1.91. The molecule has 1 atom stereocenters. The molecule has 0 fully saturated rings. The summed E-state index contributed by atoms with van der Waals surface area (Å²) in [6.07, 6.45) is 4.15. The number of pyridine rings is 1. The molecule has 0 spiro atoms.